The minimum absolute atomic E-state index is 0.565. The molecular weight excluding hydrogens is 174 g/mol. The van der Waals surface area contributed by atoms with Crippen molar-refractivity contribution < 1.29 is 0 Å². The van der Waals surface area contributed by atoms with E-state index in [4.69, 9.17) is 5.26 Å². The van der Waals surface area contributed by atoms with Crippen LogP contribution in [0.15, 0.2) is 6.20 Å². The highest BCUT2D eigenvalue weighted by Crippen LogP contribution is 2.30. The largest absolute Gasteiger partial charge is 0.271 e. The molecule has 0 bridgehead atoms. The average Bonchev–Trinajstić information content (AvgIpc) is 2.93. The molecular formula is C11H17N3. The summed E-state index contributed by atoms with van der Waals surface area (Å²) in [5, 5.41) is 12.8. The highest BCUT2D eigenvalue weighted by Gasteiger charge is 2.22. The molecule has 0 amide bonds. The predicted octanol–water partition coefficient (Wildman–Crippen LogP) is 2.50. The maximum Gasteiger partial charge on any atom is 0.165 e. The van der Waals surface area contributed by atoms with Gasteiger partial charge in [0.2, 0.25) is 0 Å². The maximum atomic E-state index is 8.66. The Morgan fingerprint density at radius 2 is 2.21 bits per heavy atom. The Kier molecular flexibility index (Phi) is 3.70. The zero-order chi connectivity index (χ0) is 10.6. The zero-order valence-electron chi connectivity index (χ0n) is 9.12. The molecule has 76 valence electrons. The van der Waals surface area contributed by atoms with E-state index in [0.29, 0.717) is 5.69 Å². The van der Waals surface area contributed by atoms with Crippen LogP contribution in [0.5, 0.6) is 0 Å². The lowest BCUT2D eigenvalue weighted by atomic mass is 10.3. The Balaban J connectivity index is 0.000000461. The number of rotatable bonds is 2. The number of hydrogen-bond acceptors (Lipinski definition) is 2. The van der Waals surface area contributed by atoms with Gasteiger partial charge in [0.1, 0.15) is 6.07 Å². The predicted molar refractivity (Wildman–Crippen MR) is 55.8 cm³/mol. The van der Waals surface area contributed by atoms with Gasteiger partial charge in [-0.1, -0.05) is 13.8 Å². The lowest BCUT2D eigenvalue weighted by Gasteiger charge is -1.95. The highest BCUT2D eigenvalue weighted by atomic mass is 15.3. The Bertz CT molecular complexity index is 329. The lowest BCUT2D eigenvalue weighted by molar-refractivity contribution is 0.561. The first-order chi connectivity index (χ1) is 6.79. The lowest BCUT2D eigenvalue weighted by Crippen LogP contribution is -1.99. The molecule has 1 aliphatic carbocycles. The fourth-order valence-electron chi connectivity index (χ4n) is 1.29. The van der Waals surface area contributed by atoms with Crippen LogP contribution in [0.25, 0.3) is 0 Å². The first-order valence-electron chi connectivity index (χ1n) is 5.24. The van der Waals surface area contributed by atoms with Crippen LogP contribution < -0.4 is 0 Å². The second-order valence-corrected chi connectivity index (χ2v) is 3.44. The van der Waals surface area contributed by atoms with Crippen LogP contribution in [-0.2, 0) is 6.54 Å². The molecule has 1 aliphatic rings. The van der Waals surface area contributed by atoms with Crippen LogP contribution in [0.3, 0.4) is 0 Å². The van der Waals surface area contributed by atoms with Gasteiger partial charge in [-0.25, -0.2) is 0 Å². The number of nitriles is 1. The molecule has 0 spiro atoms. The van der Waals surface area contributed by atoms with Gasteiger partial charge in [-0.15, -0.1) is 0 Å². The molecule has 3 heteroatoms. The van der Waals surface area contributed by atoms with E-state index in [9.17, 15) is 0 Å². The third-order valence-corrected chi connectivity index (χ3v) is 2.19. The molecule has 0 radical (unpaired) electrons. The van der Waals surface area contributed by atoms with Gasteiger partial charge < -0.3 is 0 Å². The summed E-state index contributed by atoms with van der Waals surface area (Å²) in [5.74, 6) is 0.816. The van der Waals surface area contributed by atoms with E-state index in [-0.39, 0.29) is 0 Å². The van der Waals surface area contributed by atoms with Crippen LogP contribution >= 0.6 is 0 Å². The fourth-order valence-corrected chi connectivity index (χ4v) is 1.29. The van der Waals surface area contributed by atoms with Gasteiger partial charge in [0.15, 0.2) is 5.69 Å². The van der Waals surface area contributed by atoms with Gasteiger partial charge in [-0.05, 0) is 25.7 Å². The zero-order valence-corrected chi connectivity index (χ0v) is 9.12. The van der Waals surface area contributed by atoms with Crippen LogP contribution in [0.2, 0.25) is 0 Å². The van der Waals surface area contributed by atoms with Crippen molar-refractivity contribution in [1.82, 2.24) is 9.78 Å². The molecule has 2 rings (SSSR count). The Labute approximate surface area is 85.4 Å². The van der Waals surface area contributed by atoms with Crippen molar-refractivity contribution in [2.75, 3.05) is 0 Å². The fraction of sp³-hybridized carbons (Fsp3) is 0.636. The van der Waals surface area contributed by atoms with Crippen LogP contribution in [-0.4, -0.2) is 9.78 Å². The Morgan fingerprint density at radius 1 is 1.57 bits per heavy atom. The molecule has 0 aromatic carbocycles. The van der Waals surface area contributed by atoms with Gasteiger partial charge in [0, 0.05) is 18.3 Å². The van der Waals surface area contributed by atoms with E-state index in [1.54, 1.807) is 0 Å². The third kappa shape index (κ3) is 2.59. The van der Waals surface area contributed by atoms with Crippen molar-refractivity contribution in [2.45, 2.75) is 40.2 Å². The standard InChI is InChI=1S/C9H11N3.C2H6/c1-7-5-12(6-8-2-3-8)11-9(7)4-10;1-2/h5,8H,2-3,6H2,1H3;1-2H3. The first kappa shape index (κ1) is 10.8. The minimum Gasteiger partial charge on any atom is -0.271 e. The van der Waals surface area contributed by atoms with Crippen molar-refractivity contribution in [3.05, 3.63) is 17.5 Å². The maximum absolute atomic E-state index is 8.66. The number of nitrogens with zero attached hydrogens (tertiary/aromatic N) is 3. The molecule has 0 saturated heterocycles. The Morgan fingerprint density at radius 3 is 2.64 bits per heavy atom. The van der Waals surface area contributed by atoms with Crippen molar-refractivity contribution in [3.63, 3.8) is 0 Å². The van der Waals surface area contributed by atoms with Crippen LogP contribution in [0.1, 0.15) is 37.9 Å². The van der Waals surface area contributed by atoms with E-state index in [0.717, 1.165) is 18.0 Å². The summed E-state index contributed by atoms with van der Waals surface area (Å²) in [7, 11) is 0. The molecule has 1 aromatic heterocycles. The molecule has 0 aliphatic heterocycles. The summed E-state index contributed by atoms with van der Waals surface area (Å²) in [6.07, 6.45) is 4.60. The van der Waals surface area contributed by atoms with Gasteiger partial charge >= 0.3 is 0 Å². The molecule has 1 heterocycles. The molecule has 0 unspecified atom stereocenters. The summed E-state index contributed by atoms with van der Waals surface area (Å²) in [6, 6.07) is 2.08. The molecule has 3 nitrogen and oxygen atoms in total. The number of aromatic nitrogens is 2. The first-order valence-corrected chi connectivity index (χ1v) is 5.24. The van der Waals surface area contributed by atoms with Gasteiger partial charge in [0.25, 0.3) is 0 Å². The normalized spacial score (nSPS) is 14.1. The second-order valence-electron chi connectivity index (χ2n) is 3.44. The van der Waals surface area contributed by atoms with Gasteiger partial charge in [0.05, 0.1) is 0 Å². The summed E-state index contributed by atoms with van der Waals surface area (Å²) in [4.78, 5) is 0. The van der Waals surface area contributed by atoms with Gasteiger partial charge in [-0.2, -0.15) is 10.4 Å². The summed E-state index contributed by atoms with van der Waals surface area (Å²) in [6.45, 7) is 6.91. The van der Waals surface area contributed by atoms with E-state index in [1.807, 2.05) is 31.6 Å². The number of hydrogen-bond donors (Lipinski definition) is 0. The minimum atomic E-state index is 0.565. The molecule has 1 saturated carbocycles. The molecule has 0 N–H and O–H groups in total. The molecule has 1 fully saturated rings. The van der Waals surface area contributed by atoms with E-state index in [1.165, 1.54) is 12.8 Å². The topological polar surface area (TPSA) is 41.6 Å². The van der Waals surface area contributed by atoms with E-state index < -0.39 is 0 Å². The van der Waals surface area contributed by atoms with Crippen LogP contribution in [0.4, 0.5) is 0 Å². The van der Waals surface area contributed by atoms with Crippen LogP contribution in [0, 0.1) is 24.2 Å². The van der Waals surface area contributed by atoms with Crippen molar-refractivity contribution in [2.24, 2.45) is 5.92 Å². The average molecular weight is 191 g/mol. The van der Waals surface area contributed by atoms with Gasteiger partial charge in [-0.3, -0.25) is 4.68 Å². The quantitative estimate of drug-likeness (QED) is 0.720. The van der Waals surface area contributed by atoms with E-state index >= 15 is 0 Å². The molecule has 1 aromatic rings. The van der Waals surface area contributed by atoms with Crippen molar-refractivity contribution >= 4 is 0 Å². The highest BCUT2D eigenvalue weighted by molar-refractivity contribution is 5.27. The summed E-state index contributed by atoms with van der Waals surface area (Å²) < 4.78 is 1.89. The van der Waals surface area contributed by atoms with Crippen molar-refractivity contribution in [1.29, 1.82) is 5.26 Å². The smallest absolute Gasteiger partial charge is 0.165 e. The third-order valence-electron chi connectivity index (χ3n) is 2.19. The Hall–Kier alpha value is -1.30. The number of aryl methyl sites for hydroxylation is 1. The van der Waals surface area contributed by atoms with E-state index in [2.05, 4.69) is 11.2 Å². The SMILES string of the molecule is CC.Cc1cn(CC2CC2)nc1C#N. The van der Waals surface area contributed by atoms with Crippen molar-refractivity contribution in [3.8, 4) is 6.07 Å². The monoisotopic (exact) mass is 191 g/mol. The second kappa shape index (κ2) is 4.80. The molecule has 14 heavy (non-hydrogen) atoms. The summed E-state index contributed by atoms with van der Waals surface area (Å²) >= 11 is 0. The molecule has 0 atom stereocenters. The summed E-state index contributed by atoms with van der Waals surface area (Å²) in [5.41, 5.74) is 1.55.